The van der Waals surface area contributed by atoms with Crippen LogP contribution >= 0.6 is 11.3 Å². The maximum Gasteiger partial charge on any atom is 0.114 e. The Hall–Kier alpha value is -1.19. The number of aryl methyl sites for hydroxylation is 1. The second kappa shape index (κ2) is 4.92. The fourth-order valence-corrected chi connectivity index (χ4v) is 5.77. The largest absolute Gasteiger partial charge is 0.308 e. The molecule has 2 aliphatic carbocycles. The van der Waals surface area contributed by atoms with Crippen molar-refractivity contribution in [3.63, 3.8) is 0 Å². The SMILES string of the molecule is CNC1(c2nc(C)cs2)C2CCC1Cc1ccccc1C2. The van der Waals surface area contributed by atoms with Crippen LogP contribution in [0.25, 0.3) is 0 Å². The Kier molecular flexibility index (Phi) is 3.16. The zero-order chi connectivity index (χ0) is 14.4. The van der Waals surface area contributed by atoms with E-state index in [1.807, 2.05) is 11.3 Å². The third-order valence-corrected chi connectivity index (χ3v) is 6.70. The number of nitrogens with one attached hydrogen (secondary N) is 1. The van der Waals surface area contributed by atoms with Crippen LogP contribution in [0.2, 0.25) is 0 Å². The fraction of sp³-hybridized carbons (Fsp3) is 0.500. The van der Waals surface area contributed by atoms with E-state index in [2.05, 4.69) is 48.9 Å². The van der Waals surface area contributed by atoms with Gasteiger partial charge in [-0.2, -0.15) is 0 Å². The Labute approximate surface area is 130 Å². The third-order valence-electron chi connectivity index (χ3n) is 5.59. The molecule has 21 heavy (non-hydrogen) atoms. The highest BCUT2D eigenvalue weighted by Gasteiger charge is 2.53. The van der Waals surface area contributed by atoms with E-state index in [1.54, 1.807) is 11.1 Å². The van der Waals surface area contributed by atoms with Crippen molar-refractivity contribution in [2.45, 2.75) is 38.1 Å². The van der Waals surface area contributed by atoms with Crippen LogP contribution in [-0.4, -0.2) is 12.0 Å². The van der Waals surface area contributed by atoms with Gasteiger partial charge in [-0.15, -0.1) is 11.3 Å². The van der Waals surface area contributed by atoms with Crippen LogP contribution in [0.4, 0.5) is 0 Å². The molecule has 1 saturated carbocycles. The van der Waals surface area contributed by atoms with Crippen molar-refractivity contribution in [1.29, 1.82) is 0 Å². The van der Waals surface area contributed by atoms with Crippen LogP contribution < -0.4 is 5.32 Å². The summed E-state index contributed by atoms with van der Waals surface area (Å²) in [5.74, 6) is 1.34. The normalized spacial score (nSPS) is 31.0. The van der Waals surface area contributed by atoms with Gasteiger partial charge in [0.2, 0.25) is 0 Å². The average Bonchev–Trinajstić information content (AvgIpc) is 3.00. The summed E-state index contributed by atoms with van der Waals surface area (Å²) in [6, 6.07) is 9.02. The molecular weight excluding hydrogens is 276 g/mol. The van der Waals surface area contributed by atoms with Gasteiger partial charge in [0.15, 0.2) is 0 Å². The van der Waals surface area contributed by atoms with Crippen LogP contribution in [0.5, 0.6) is 0 Å². The molecule has 1 N–H and O–H groups in total. The number of aromatic nitrogens is 1. The smallest absolute Gasteiger partial charge is 0.114 e. The summed E-state index contributed by atoms with van der Waals surface area (Å²) in [6.07, 6.45) is 5.01. The van der Waals surface area contributed by atoms with Gasteiger partial charge in [-0.05, 0) is 62.6 Å². The van der Waals surface area contributed by atoms with E-state index in [-0.39, 0.29) is 5.54 Å². The molecule has 1 aromatic heterocycles. The minimum atomic E-state index is 0.0813. The van der Waals surface area contributed by atoms with E-state index in [0.717, 1.165) is 5.69 Å². The molecule has 110 valence electrons. The number of fused-ring (bicyclic) bond motifs is 3. The molecule has 2 bridgehead atoms. The highest BCUT2D eigenvalue weighted by molar-refractivity contribution is 7.09. The lowest BCUT2D eigenvalue weighted by Gasteiger charge is -2.37. The van der Waals surface area contributed by atoms with Gasteiger partial charge >= 0.3 is 0 Å². The lowest BCUT2D eigenvalue weighted by molar-refractivity contribution is 0.201. The Morgan fingerprint density at radius 2 is 1.76 bits per heavy atom. The van der Waals surface area contributed by atoms with Gasteiger partial charge in [0, 0.05) is 11.1 Å². The molecule has 2 atom stereocenters. The van der Waals surface area contributed by atoms with Crippen molar-refractivity contribution >= 4 is 11.3 Å². The van der Waals surface area contributed by atoms with Crippen molar-refractivity contribution in [1.82, 2.24) is 10.3 Å². The first-order chi connectivity index (χ1) is 10.2. The molecule has 3 heteroatoms. The summed E-state index contributed by atoms with van der Waals surface area (Å²) in [5, 5.41) is 7.24. The zero-order valence-corrected chi connectivity index (χ0v) is 13.5. The summed E-state index contributed by atoms with van der Waals surface area (Å²) in [6.45, 7) is 2.11. The minimum absolute atomic E-state index is 0.0813. The topological polar surface area (TPSA) is 24.9 Å². The van der Waals surface area contributed by atoms with Crippen LogP contribution in [0.1, 0.15) is 34.7 Å². The minimum Gasteiger partial charge on any atom is -0.308 e. The van der Waals surface area contributed by atoms with Crippen LogP contribution in [0.3, 0.4) is 0 Å². The Balaban J connectivity index is 1.83. The number of rotatable bonds is 2. The molecule has 0 spiro atoms. The average molecular weight is 298 g/mol. The van der Waals surface area contributed by atoms with Gasteiger partial charge in [-0.3, -0.25) is 0 Å². The predicted molar refractivity (Wildman–Crippen MR) is 87.7 cm³/mol. The fourth-order valence-electron chi connectivity index (χ4n) is 4.61. The molecule has 2 nitrogen and oxygen atoms in total. The lowest BCUT2D eigenvalue weighted by Crippen LogP contribution is -2.48. The second-order valence-corrected chi connectivity index (χ2v) is 7.42. The van der Waals surface area contributed by atoms with Gasteiger partial charge in [-0.1, -0.05) is 24.3 Å². The Bertz CT molecular complexity index is 628. The molecule has 1 aromatic carbocycles. The van der Waals surface area contributed by atoms with Crippen LogP contribution in [0.15, 0.2) is 29.6 Å². The number of thiazole rings is 1. The molecule has 4 rings (SSSR count). The summed E-state index contributed by atoms with van der Waals surface area (Å²) >= 11 is 1.84. The standard InChI is InChI=1S/C18H22N2S/c1-12-11-21-17(20-12)18(19-2)15-7-8-16(18)10-14-6-4-3-5-13(14)9-15/h3-6,11,15-16,19H,7-10H2,1-2H3. The van der Waals surface area contributed by atoms with Gasteiger partial charge in [0.1, 0.15) is 5.01 Å². The van der Waals surface area contributed by atoms with Crippen LogP contribution in [0, 0.1) is 18.8 Å². The van der Waals surface area contributed by atoms with Crippen molar-refractivity contribution in [3.05, 3.63) is 51.5 Å². The van der Waals surface area contributed by atoms with Crippen molar-refractivity contribution < 1.29 is 0 Å². The number of hydrogen-bond donors (Lipinski definition) is 1. The molecule has 2 unspecified atom stereocenters. The molecule has 0 saturated heterocycles. The van der Waals surface area contributed by atoms with Crippen molar-refractivity contribution in [3.8, 4) is 0 Å². The first-order valence-corrected chi connectivity index (χ1v) is 8.80. The third kappa shape index (κ3) is 1.91. The van der Waals surface area contributed by atoms with E-state index in [1.165, 1.54) is 30.7 Å². The quantitative estimate of drug-likeness (QED) is 0.914. The summed E-state index contributed by atoms with van der Waals surface area (Å²) in [4.78, 5) is 4.88. The maximum atomic E-state index is 4.88. The first kappa shape index (κ1) is 13.5. The molecule has 2 aromatic rings. The molecule has 0 amide bonds. The van der Waals surface area contributed by atoms with Crippen molar-refractivity contribution in [2.75, 3.05) is 7.05 Å². The van der Waals surface area contributed by atoms with Crippen molar-refractivity contribution in [2.24, 2.45) is 11.8 Å². The van der Waals surface area contributed by atoms with E-state index in [9.17, 15) is 0 Å². The predicted octanol–water partition coefficient (Wildman–Crippen LogP) is 3.69. The highest BCUT2D eigenvalue weighted by Crippen LogP contribution is 2.53. The Morgan fingerprint density at radius 3 is 2.24 bits per heavy atom. The van der Waals surface area contributed by atoms with Gasteiger partial charge in [0.05, 0.1) is 5.54 Å². The monoisotopic (exact) mass is 298 g/mol. The van der Waals surface area contributed by atoms with Gasteiger partial charge in [0.25, 0.3) is 0 Å². The number of hydrogen-bond acceptors (Lipinski definition) is 3. The maximum absolute atomic E-state index is 4.88. The van der Waals surface area contributed by atoms with Gasteiger partial charge < -0.3 is 5.32 Å². The zero-order valence-electron chi connectivity index (χ0n) is 12.7. The summed E-state index contributed by atoms with van der Waals surface area (Å²) < 4.78 is 0. The van der Waals surface area contributed by atoms with E-state index in [4.69, 9.17) is 4.98 Å². The first-order valence-electron chi connectivity index (χ1n) is 7.92. The molecular formula is C18H22N2S. The van der Waals surface area contributed by atoms with Crippen LogP contribution in [-0.2, 0) is 18.4 Å². The highest BCUT2D eigenvalue weighted by atomic mass is 32.1. The summed E-state index contributed by atoms with van der Waals surface area (Å²) in [7, 11) is 2.14. The second-order valence-electron chi connectivity index (χ2n) is 6.56. The summed E-state index contributed by atoms with van der Waals surface area (Å²) in [5.41, 5.74) is 4.35. The van der Waals surface area contributed by atoms with E-state index in [0.29, 0.717) is 11.8 Å². The number of benzene rings is 1. The van der Waals surface area contributed by atoms with E-state index >= 15 is 0 Å². The molecule has 0 radical (unpaired) electrons. The molecule has 2 aliphatic rings. The lowest BCUT2D eigenvalue weighted by atomic mass is 9.79. The molecule has 1 heterocycles. The number of nitrogens with zero attached hydrogens (tertiary/aromatic N) is 1. The van der Waals surface area contributed by atoms with E-state index < -0.39 is 0 Å². The Morgan fingerprint density at radius 1 is 1.14 bits per heavy atom. The molecule has 0 aliphatic heterocycles. The van der Waals surface area contributed by atoms with Gasteiger partial charge in [-0.25, -0.2) is 4.98 Å². The molecule has 1 fully saturated rings.